The van der Waals surface area contributed by atoms with Gasteiger partial charge in [-0.15, -0.1) is 0 Å². The first-order chi connectivity index (χ1) is 6.83. The highest BCUT2D eigenvalue weighted by Crippen LogP contribution is 2.18. The van der Waals surface area contributed by atoms with Gasteiger partial charge in [0.2, 0.25) is 0 Å². The lowest BCUT2D eigenvalue weighted by Crippen LogP contribution is -2.10. The third kappa shape index (κ3) is 4.94. The van der Waals surface area contributed by atoms with Crippen LogP contribution in [0.15, 0.2) is 0 Å². The summed E-state index contributed by atoms with van der Waals surface area (Å²) >= 11 is 0. The fraction of sp³-hybridized carbons (Fsp3) is 1.00. The molecule has 2 unspecified atom stereocenters. The number of ether oxygens (including phenoxy) is 1. The van der Waals surface area contributed by atoms with Crippen LogP contribution < -0.4 is 0 Å². The van der Waals surface area contributed by atoms with E-state index >= 15 is 0 Å². The molecule has 1 fully saturated rings. The van der Waals surface area contributed by atoms with Gasteiger partial charge < -0.3 is 14.9 Å². The minimum absolute atomic E-state index is 0.183. The minimum Gasteiger partial charge on any atom is -0.396 e. The van der Waals surface area contributed by atoms with E-state index in [4.69, 9.17) is 9.84 Å². The van der Waals surface area contributed by atoms with Crippen LogP contribution in [-0.4, -0.2) is 35.6 Å². The van der Waals surface area contributed by atoms with Gasteiger partial charge in [-0.1, -0.05) is 0 Å². The smallest absolute Gasteiger partial charge is 0.0576 e. The average Bonchev–Trinajstić information content (AvgIpc) is 2.67. The van der Waals surface area contributed by atoms with Crippen molar-refractivity contribution >= 4 is 0 Å². The van der Waals surface area contributed by atoms with Crippen molar-refractivity contribution in [3.8, 4) is 0 Å². The van der Waals surface area contributed by atoms with E-state index in [9.17, 15) is 5.11 Å². The largest absolute Gasteiger partial charge is 0.396 e. The van der Waals surface area contributed by atoms with Crippen molar-refractivity contribution < 1.29 is 14.9 Å². The number of aliphatic hydroxyl groups excluding tert-OH is 2. The summed E-state index contributed by atoms with van der Waals surface area (Å²) in [6.07, 6.45) is 6.99. The molecule has 84 valence electrons. The second-order valence-corrected chi connectivity index (χ2v) is 4.09. The maximum Gasteiger partial charge on any atom is 0.0576 e. The van der Waals surface area contributed by atoms with E-state index in [1.165, 1.54) is 12.8 Å². The lowest BCUT2D eigenvalue weighted by Gasteiger charge is -2.12. The van der Waals surface area contributed by atoms with Crippen LogP contribution in [0.1, 0.15) is 44.9 Å². The number of hydrogen-bond acceptors (Lipinski definition) is 3. The summed E-state index contributed by atoms with van der Waals surface area (Å²) in [7, 11) is 0. The van der Waals surface area contributed by atoms with E-state index in [2.05, 4.69) is 0 Å². The quantitative estimate of drug-likeness (QED) is 0.657. The minimum atomic E-state index is -0.233. The van der Waals surface area contributed by atoms with E-state index < -0.39 is 0 Å². The van der Waals surface area contributed by atoms with E-state index in [0.717, 1.165) is 32.3 Å². The first-order valence-electron chi connectivity index (χ1n) is 5.73. The molecule has 2 atom stereocenters. The summed E-state index contributed by atoms with van der Waals surface area (Å²) in [5.41, 5.74) is 0. The first-order valence-corrected chi connectivity index (χ1v) is 5.73. The molecule has 0 aromatic carbocycles. The topological polar surface area (TPSA) is 49.7 Å². The number of aliphatic hydroxyl groups is 2. The van der Waals surface area contributed by atoms with Gasteiger partial charge in [0.15, 0.2) is 0 Å². The second kappa shape index (κ2) is 7.21. The van der Waals surface area contributed by atoms with Gasteiger partial charge in [-0.3, -0.25) is 0 Å². The van der Waals surface area contributed by atoms with Gasteiger partial charge in [0.25, 0.3) is 0 Å². The summed E-state index contributed by atoms with van der Waals surface area (Å²) in [4.78, 5) is 0. The Morgan fingerprint density at radius 2 is 2.07 bits per heavy atom. The standard InChI is InChI=1S/C11H22O3/c12-8-2-5-10(13)4-1-6-11-7-3-9-14-11/h10-13H,1-9H2. The molecule has 0 aromatic rings. The van der Waals surface area contributed by atoms with Gasteiger partial charge >= 0.3 is 0 Å². The van der Waals surface area contributed by atoms with E-state index in [1.807, 2.05) is 0 Å². The molecule has 1 saturated heterocycles. The molecule has 3 nitrogen and oxygen atoms in total. The monoisotopic (exact) mass is 202 g/mol. The molecule has 3 heteroatoms. The lowest BCUT2D eigenvalue weighted by atomic mass is 10.0. The average molecular weight is 202 g/mol. The predicted molar refractivity (Wildman–Crippen MR) is 55.2 cm³/mol. The third-order valence-corrected chi connectivity index (χ3v) is 2.78. The van der Waals surface area contributed by atoms with Crippen LogP contribution in [0.5, 0.6) is 0 Å². The Bertz CT molecular complexity index is 132. The van der Waals surface area contributed by atoms with Crippen LogP contribution in [0.3, 0.4) is 0 Å². The predicted octanol–water partition coefficient (Wildman–Crippen LogP) is 1.47. The maximum atomic E-state index is 9.50. The number of hydrogen-bond donors (Lipinski definition) is 2. The van der Waals surface area contributed by atoms with Crippen molar-refractivity contribution in [2.24, 2.45) is 0 Å². The summed E-state index contributed by atoms with van der Waals surface area (Å²) in [6.45, 7) is 1.10. The fourth-order valence-electron chi connectivity index (χ4n) is 1.92. The molecular weight excluding hydrogens is 180 g/mol. The van der Waals surface area contributed by atoms with Crippen molar-refractivity contribution in [1.29, 1.82) is 0 Å². The normalized spacial score (nSPS) is 24.0. The zero-order valence-corrected chi connectivity index (χ0v) is 8.82. The molecule has 1 aliphatic rings. The molecule has 0 aliphatic carbocycles. The van der Waals surface area contributed by atoms with Gasteiger partial charge in [-0.05, 0) is 44.9 Å². The zero-order chi connectivity index (χ0) is 10.2. The van der Waals surface area contributed by atoms with Crippen molar-refractivity contribution in [3.63, 3.8) is 0 Å². The molecule has 0 bridgehead atoms. The van der Waals surface area contributed by atoms with Crippen LogP contribution in [0.25, 0.3) is 0 Å². The van der Waals surface area contributed by atoms with E-state index in [0.29, 0.717) is 12.5 Å². The number of rotatable bonds is 7. The molecular formula is C11H22O3. The van der Waals surface area contributed by atoms with Crippen LogP contribution in [0, 0.1) is 0 Å². The molecule has 1 rings (SSSR count). The summed E-state index contributed by atoms with van der Waals surface area (Å²) < 4.78 is 5.49. The SMILES string of the molecule is OCCCC(O)CCCC1CCCO1. The fourth-order valence-corrected chi connectivity index (χ4v) is 1.92. The van der Waals surface area contributed by atoms with Crippen molar-refractivity contribution in [1.82, 2.24) is 0 Å². The highest BCUT2D eigenvalue weighted by Gasteiger charge is 2.15. The lowest BCUT2D eigenvalue weighted by molar-refractivity contribution is 0.0917. The molecule has 14 heavy (non-hydrogen) atoms. The molecule has 0 amide bonds. The van der Waals surface area contributed by atoms with Crippen LogP contribution in [0.4, 0.5) is 0 Å². The van der Waals surface area contributed by atoms with Crippen molar-refractivity contribution in [2.45, 2.75) is 57.2 Å². The molecule has 1 heterocycles. The van der Waals surface area contributed by atoms with Crippen molar-refractivity contribution in [3.05, 3.63) is 0 Å². The first kappa shape index (κ1) is 12.0. The van der Waals surface area contributed by atoms with Gasteiger partial charge in [0.1, 0.15) is 0 Å². The molecule has 0 radical (unpaired) electrons. The Labute approximate surface area is 86.1 Å². The van der Waals surface area contributed by atoms with E-state index in [1.54, 1.807) is 0 Å². The Hall–Kier alpha value is -0.120. The van der Waals surface area contributed by atoms with Gasteiger partial charge in [-0.2, -0.15) is 0 Å². The summed E-state index contributed by atoms with van der Waals surface area (Å²) in [5, 5.41) is 18.1. The summed E-state index contributed by atoms with van der Waals surface area (Å²) in [5.74, 6) is 0. The molecule has 0 aromatic heterocycles. The molecule has 1 aliphatic heterocycles. The second-order valence-electron chi connectivity index (χ2n) is 4.09. The molecule has 2 N–H and O–H groups in total. The molecule has 0 spiro atoms. The van der Waals surface area contributed by atoms with Gasteiger partial charge in [-0.25, -0.2) is 0 Å². The Morgan fingerprint density at radius 3 is 2.71 bits per heavy atom. The summed E-state index contributed by atoms with van der Waals surface area (Å²) in [6, 6.07) is 0. The Kier molecular flexibility index (Phi) is 6.15. The van der Waals surface area contributed by atoms with Crippen LogP contribution in [0.2, 0.25) is 0 Å². The molecule has 0 saturated carbocycles. The Balaban J connectivity index is 1.91. The van der Waals surface area contributed by atoms with Gasteiger partial charge in [0.05, 0.1) is 12.2 Å². The van der Waals surface area contributed by atoms with E-state index in [-0.39, 0.29) is 12.7 Å². The third-order valence-electron chi connectivity index (χ3n) is 2.78. The van der Waals surface area contributed by atoms with Crippen LogP contribution in [-0.2, 0) is 4.74 Å². The highest BCUT2D eigenvalue weighted by atomic mass is 16.5. The highest BCUT2D eigenvalue weighted by molar-refractivity contribution is 4.66. The van der Waals surface area contributed by atoms with Crippen LogP contribution >= 0.6 is 0 Å². The Morgan fingerprint density at radius 1 is 1.29 bits per heavy atom. The zero-order valence-electron chi connectivity index (χ0n) is 8.82. The van der Waals surface area contributed by atoms with Crippen molar-refractivity contribution in [2.75, 3.05) is 13.2 Å². The maximum absolute atomic E-state index is 9.50. The van der Waals surface area contributed by atoms with Gasteiger partial charge in [0, 0.05) is 13.2 Å².